The zero-order valence-electron chi connectivity index (χ0n) is 31.3. The Morgan fingerprint density at radius 2 is 0.817 bits per heavy atom. The van der Waals surface area contributed by atoms with Crippen molar-refractivity contribution in [1.82, 2.24) is 9.80 Å². The lowest BCUT2D eigenvalue weighted by Crippen LogP contribution is -2.32. The van der Waals surface area contributed by atoms with Crippen molar-refractivity contribution < 1.29 is 75.8 Å². The highest BCUT2D eigenvalue weighted by atomic mass is 19.4. The molecular formula is C41H34F14N2O3. The number of alkyl halides is 12. The van der Waals surface area contributed by atoms with Gasteiger partial charge < -0.3 is 14.6 Å². The number of carbonyl (C=O) groups is 3. The molecule has 0 saturated heterocycles. The van der Waals surface area contributed by atoms with Crippen LogP contribution in [0, 0.1) is 11.6 Å². The Morgan fingerprint density at radius 1 is 0.533 bits per heavy atom. The molecule has 0 bridgehead atoms. The van der Waals surface area contributed by atoms with Crippen LogP contribution in [-0.4, -0.2) is 55.1 Å². The molecular weight excluding hydrogens is 834 g/mol. The van der Waals surface area contributed by atoms with Crippen LogP contribution < -0.4 is 0 Å². The van der Waals surface area contributed by atoms with Gasteiger partial charge in [0.25, 0.3) is 11.8 Å². The van der Waals surface area contributed by atoms with Crippen molar-refractivity contribution in [1.29, 1.82) is 0 Å². The van der Waals surface area contributed by atoms with E-state index in [9.17, 15) is 75.8 Å². The third kappa shape index (κ3) is 13.7. The predicted octanol–water partition coefficient (Wildman–Crippen LogP) is 11.6. The van der Waals surface area contributed by atoms with Gasteiger partial charge in [-0.05, 0) is 78.2 Å². The Kier molecular flexibility index (Phi) is 15.8. The van der Waals surface area contributed by atoms with E-state index in [0.717, 1.165) is 21.9 Å². The molecule has 60 heavy (non-hydrogen) atoms. The molecule has 0 aliphatic heterocycles. The second-order valence-electron chi connectivity index (χ2n) is 13.4. The van der Waals surface area contributed by atoms with E-state index in [1.54, 1.807) is 6.08 Å². The molecule has 0 N–H and O–H groups in total. The standard InChI is InChI=1S/C21H18F7NO.C20H16F7NO2/c1-3-4-14(13-5-7-18(22)8-6-13)12-29(2)19(30)15-9-16(20(23,24)25)11-17(10-15)21(26,27)28;1-28(11-13(6-7-29)12-2-4-17(21)5-3-12)18(30)14-8-15(19(22,23)24)10-16(9-14)20(25,26)27/h3,5-11,14H,1,4,12H2,2H3;2-5,7-10,13H,6,11H2,1H3/t14-;13-/m11/s1. The summed E-state index contributed by atoms with van der Waals surface area (Å²) in [7, 11) is 2.46. The van der Waals surface area contributed by atoms with E-state index in [4.69, 9.17) is 0 Å². The number of halogens is 14. The zero-order chi connectivity index (χ0) is 45.4. The van der Waals surface area contributed by atoms with Crippen LogP contribution in [0.3, 0.4) is 0 Å². The average molecular weight is 869 g/mol. The number of allylic oxidation sites excluding steroid dienone is 1. The van der Waals surface area contributed by atoms with Gasteiger partial charge in [-0.3, -0.25) is 9.59 Å². The van der Waals surface area contributed by atoms with E-state index in [0.29, 0.717) is 48.1 Å². The van der Waals surface area contributed by atoms with Gasteiger partial charge in [0, 0.05) is 56.6 Å². The molecule has 4 aromatic rings. The fourth-order valence-corrected chi connectivity index (χ4v) is 5.84. The summed E-state index contributed by atoms with van der Waals surface area (Å²) in [4.78, 5) is 38.1. The summed E-state index contributed by atoms with van der Waals surface area (Å²) in [6.07, 6.45) is -17.9. The first-order chi connectivity index (χ1) is 27.6. The van der Waals surface area contributed by atoms with Crippen molar-refractivity contribution in [3.63, 3.8) is 0 Å². The Labute approximate surface area is 333 Å². The zero-order valence-corrected chi connectivity index (χ0v) is 31.3. The van der Waals surface area contributed by atoms with Gasteiger partial charge in [0.05, 0.1) is 22.3 Å². The van der Waals surface area contributed by atoms with Crippen LogP contribution in [0.25, 0.3) is 0 Å². The minimum Gasteiger partial charge on any atom is -0.341 e. The highest BCUT2D eigenvalue weighted by Gasteiger charge is 2.39. The molecule has 0 radical (unpaired) electrons. The number of amides is 2. The summed E-state index contributed by atoms with van der Waals surface area (Å²) in [6, 6.07) is 11.9. The third-order valence-corrected chi connectivity index (χ3v) is 8.87. The van der Waals surface area contributed by atoms with Crippen molar-refractivity contribution in [2.75, 3.05) is 27.2 Å². The normalized spacial score (nSPS) is 13.1. The van der Waals surface area contributed by atoms with Crippen molar-refractivity contribution >= 4 is 18.1 Å². The van der Waals surface area contributed by atoms with Gasteiger partial charge in [0.1, 0.15) is 17.9 Å². The van der Waals surface area contributed by atoms with Crippen LogP contribution in [-0.2, 0) is 29.5 Å². The number of hydrogen-bond donors (Lipinski definition) is 0. The van der Waals surface area contributed by atoms with E-state index in [1.807, 2.05) is 0 Å². The van der Waals surface area contributed by atoms with Crippen molar-refractivity contribution in [2.45, 2.75) is 49.4 Å². The Balaban J connectivity index is 0.000000320. The van der Waals surface area contributed by atoms with Crippen molar-refractivity contribution in [3.8, 4) is 0 Å². The molecule has 0 unspecified atom stereocenters. The van der Waals surface area contributed by atoms with E-state index in [1.165, 1.54) is 50.5 Å². The Bertz CT molecular complexity index is 1890. The van der Waals surface area contributed by atoms with Gasteiger partial charge in [-0.15, -0.1) is 6.58 Å². The second-order valence-corrected chi connectivity index (χ2v) is 13.4. The minimum atomic E-state index is -5.08. The fourth-order valence-electron chi connectivity index (χ4n) is 5.84. The second kappa shape index (κ2) is 19.5. The lowest BCUT2D eigenvalue weighted by Gasteiger charge is -2.25. The number of rotatable bonds is 12. The lowest BCUT2D eigenvalue weighted by atomic mass is 9.94. The van der Waals surface area contributed by atoms with Gasteiger partial charge in [-0.25, -0.2) is 8.78 Å². The van der Waals surface area contributed by atoms with Crippen LogP contribution >= 0.6 is 0 Å². The first-order valence-corrected chi connectivity index (χ1v) is 17.3. The third-order valence-electron chi connectivity index (χ3n) is 8.87. The van der Waals surface area contributed by atoms with Crippen molar-refractivity contribution in [3.05, 3.63) is 154 Å². The predicted molar refractivity (Wildman–Crippen MR) is 191 cm³/mol. The molecule has 0 aromatic heterocycles. The molecule has 0 heterocycles. The summed E-state index contributed by atoms with van der Waals surface area (Å²) < 4.78 is 182. The Hall–Kier alpha value is -5.75. The topological polar surface area (TPSA) is 57.7 Å². The first-order valence-electron chi connectivity index (χ1n) is 17.3. The minimum absolute atomic E-state index is 0.0198. The maximum Gasteiger partial charge on any atom is 0.416 e. The number of likely N-dealkylation sites (N-methyl/N-ethyl adjacent to an activating group) is 2. The van der Waals surface area contributed by atoms with Gasteiger partial charge >= 0.3 is 24.7 Å². The lowest BCUT2D eigenvalue weighted by molar-refractivity contribution is -0.144. The van der Waals surface area contributed by atoms with E-state index in [-0.39, 0.29) is 37.6 Å². The van der Waals surface area contributed by atoms with Crippen LogP contribution in [0.15, 0.2) is 97.6 Å². The summed E-state index contributed by atoms with van der Waals surface area (Å²) in [5, 5.41) is 0. The summed E-state index contributed by atoms with van der Waals surface area (Å²) in [5.41, 5.74) is -6.70. The summed E-state index contributed by atoms with van der Waals surface area (Å²) in [6.45, 7) is 3.40. The molecule has 0 saturated carbocycles. The molecule has 324 valence electrons. The molecule has 19 heteroatoms. The van der Waals surface area contributed by atoms with Gasteiger partial charge in [-0.2, -0.15) is 52.7 Å². The molecule has 5 nitrogen and oxygen atoms in total. The number of nitrogens with zero attached hydrogens (tertiary/aromatic N) is 2. The van der Waals surface area contributed by atoms with Gasteiger partial charge in [0.2, 0.25) is 0 Å². The van der Waals surface area contributed by atoms with Crippen molar-refractivity contribution in [2.24, 2.45) is 0 Å². The van der Waals surface area contributed by atoms with E-state index < -0.39 is 87.5 Å². The molecule has 4 rings (SSSR count). The average Bonchev–Trinajstić information content (AvgIpc) is 3.16. The number of benzene rings is 4. The molecule has 2 amide bonds. The largest absolute Gasteiger partial charge is 0.416 e. The maximum absolute atomic E-state index is 13.1. The van der Waals surface area contributed by atoms with Crippen LogP contribution in [0.4, 0.5) is 61.5 Å². The van der Waals surface area contributed by atoms with Crippen LogP contribution in [0.2, 0.25) is 0 Å². The summed E-state index contributed by atoms with van der Waals surface area (Å²) >= 11 is 0. The number of hydrogen-bond acceptors (Lipinski definition) is 3. The number of carbonyl (C=O) groups excluding carboxylic acids is 3. The first kappa shape index (κ1) is 48.6. The molecule has 0 aliphatic rings. The SMILES string of the molecule is C=CC[C@H](CN(C)C(=O)c1cc(C(F)(F)F)cc(C(F)(F)F)c1)c1ccc(F)cc1.CN(C[C@@H](CC=O)c1ccc(F)cc1)C(=O)c1cc(C(F)(F)F)cc(C(F)(F)F)c1. The molecule has 0 fully saturated rings. The summed E-state index contributed by atoms with van der Waals surface area (Å²) in [5.74, 6) is -4.07. The smallest absolute Gasteiger partial charge is 0.341 e. The Morgan fingerprint density at radius 3 is 1.07 bits per heavy atom. The van der Waals surface area contributed by atoms with Gasteiger partial charge in [0.15, 0.2) is 0 Å². The molecule has 2 atom stereocenters. The highest BCUT2D eigenvalue weighted by molar-refractivity contribution is 5.95. The van der Waals surface area contributed by atoms with Crippen LogP contribution in [0.5, 0.6) is 0 Å². The quantitative estimate of drug-likeness (QED) is 0.0810. The van der Waals surface area contributed by atoms with E-state index in [2.05, 4.69) is 6.58 Å². The molecule has 4 aromatic carbocycles. The van der Waals surface area contributed by atoms with Crippen LogP contribution in [0.1, 0.15) is 78.8 Å². The highest BCUT2D eigenvalue weighted by Crippen LogP contribution is 2.38. The maximum atomic E-state index is 13.1. The number of aldehydes is 1. The molecule has 0 spiro atoms. The monoisotopic (exact) mass is 868 g/mol. The van der Waals surface area contributed by atoms with Gasteiger partial charge in [-0.1, -0.05) is 30.3 Å². The fraction of sp³-hybridized carbons (Fsp3) is 0.293. The van der Waals surface area contributed by atoms with E-state index >= 15 is 0 Å². The molecule has 0 aliphatic carbocycles.